The lowest BCUT2D eigenvalue weighted by molar-refractivity contribution is 0.00625. The van der Waals surface area contributed by atoms with Crippen LogP contribution >= 0.6 is 11.3 Å². The van der Waals surface area contributed by atoms with Crippen LogP contribution in [0.3, 0.4) is 0 Å². The SMILES string of the molecule is Cc1ccc(-c2nccn2CC2CCCCO2)s1. The molecular formula is C14H18N2OS. The van der Waals surface area contributed by atoms with Crippen molar-refractivity contribution in [2.45, 2.75) is 38.8 Å². The van der Waals surface area contributed by atoms with Crippen molar-refractivity contribution in [2.75, 3.05) is 6.61 Å². The van der Waals surface area contributed by atoms with Gasteiger partial charge >= 0.3 is 0 Å². The maximum atomic E-state index is 5.80. The highest BCUT2D eigenvalue weighted by atomic mass is 32.1. The summed E-state index contributed by atoms with van der Waals surface area (Å²) in [4.78, 5) is 7.05. The van der Waals surface area contributed by atoms with Crippen LogP contribution in [0.5, 0.6) is 0 Å². The Kier molecular flexibility index (Phi) is 3.48. The normalized spacial score (nSPS) is 20.2. The third kappa shape index (κ3) is 2.49. The number of hydrogen-bond acceptors (Lipinski definition) is 3. The predicted octanol–water partition coefficient (Wildman–Crippen LogP) is 3.49. The number of nitrogens with zero attached hydrogens (tertiary/aromatic N) is 2. The van der Waals surface area contributed by atoms with Gasteiger partial charge in [-0.05, 0) is 38.3 Å². The van der Waals surface area contributed by atoms with Crippen LogP contribution in [0.2, 0.25) is 0 Å². The van der Waals surface area contributed by atoms with Crippen LogP contribution in [0.25, 0.3) is 10.7 Å². The molecule has 2 aromatic heterocycles. The molecule has 0 aliphatic carbocycles. The molecule has 1 saturated heterocycles. The standard InChI is InChI=1S/C14H18N2OS/c1-11-5-6-13(18-11)14-15-7-8-16(14)10-12-4-2-3-9-17-12/h5-8,12H,2-4,9-10H2,1H3. The van der Waals surface area contributed by atoms with E-state index in [0.29, 0.717) is 6.10 Å². The van der Waals surface area contributed by atoms with Gasteiger partial charge in [0.1, 0.15) is 5.82 Å². The Morgan fingerprint density at radius 3 is 3.11 bits per heavy atom. The van der Waals surface area contributed by atoms with Crippen molar-refractivity contribution in [1.29, 1.82) is 0 Å². The first-order chi connectivity index (χ1) is 8.83. The Bertz CT molecular complexity index is 511. The number of rotatable bonds is 3. The van der Waals surface area contributed by atoms with Crippen molar-refractivity contribution in [3.63, 3.8) is 0 Å². The molecule has 96 valence electrons. The average Bonchev–Trinajstić information content (AvgIpc) is 2.99. The van der Waals surface area contributed by atoms with Crippen molar-refractivity contribution >= 4 is 11.3 Å². The molecule has 0 bridgehead atoms. The first kappa shape index (κ1) is 11.9. The molecule has 0 spiro atoms. The molecule has 0 N–H and O–H groups in total. The summed E-state index contributed by atoms with van der Waals surface area (Å²) in [6.07, 6.45) is 7.95. The van der Waals surface area contributed by atoms with Crippen LogP contribution in [-0.4, -0.2) is 22.3 Å². The van der Waals surface area contributed by atoms with E-state index >= 15 is 0 Å². The summed E-state index contributed by atoms with van der Waals surface area (Å²) < 4.78 is 8.03. The first-order valence-corrected chi connectivity index (χ1v) is 7.34. The number of thiophene rings is 1. The Balaban J connectivity index is 1.78. The van der Waals surface area contributed by atoms with Crippen molar-refractivity contribution in [2.24, 2.45) is 0 Å². The Morgan fingerprint density at radius 1 is 1.44 bits per heavy atom. The largest absolute Gasteiger partial charge is 0.376 e. The van der Waals surface area contributed by atoms with Gasteiger partial charge in [-0.2, -0.15) is 0 Å². The molecule has 3 rings (SSSR count). The lowest BCUT2D eigenvalue weighted by Crippen LogP contribution is -2.24. The minimum atomic E-state index is 0.354. The topological polar surface area (TPSA) is 27.1 Å². The van der Waals surface area contributed by atoms with Gasteiger partial charge < -0.3 is 9.30 Å². The second kappa shape index (κ2) is 5.24. The van der Waals surface area contributed by atoms with Crippen LogP contribution < -0.4 is 0 Å². The molecule has 1 aliphatic heterocycles. The van der Waals surface area contributed by atoms with Crippen molar-refractivity contribution in [3.8, 4) is 10.7 Å². The molecule has 4 heteroatoms. The summed E-state index contributed by atoms with van der Waals surface area (Å²) in [6.45, 7) is 3.96. The van der Waals surface area contributed by atoms with E-state index < -0.39 is 0 Å². The monoisotopic (exact) mass is 262 g/mol. The average molecular weight is 262 g/mol. The van der Waals surface area contributed by atoms with Crippen LogP contribution in [0.15, 0.2) is 24.5 Å². The lowest BCUT2D eigenvalue weighted by Gasteiger charge is -2.23. The molecule has 1 atom stereocenters. The predicted molar refractivity (Wildman–Crippen MR) is 73.9 cm³/mol. The smallest absolute Gasteiger partial charge is 0.150 e. The fourth-order valence-corrected chi connectivity index (χ4v) is 3.29. The van der Waals surface area contributed by atoms with E-state index in [1.165, 1.54) is 29.0 Å². The van der Waals surface area contributed by atoms with Gasteiger partial charge in [-0.15, -0.1) is 11.3 Å². The molecule has 2 aromatic rings. The van der Waals surface area contributed by atoms with Crippen molar-refractivity contribution in [3.05, 3.63) is 29.4 Å². The van der Waals surface area contributed by atoms with Crippen LogP contribution in [0, 0.1) is 6.92 Å². The number of ether oxygens (including phenoxy) is 1. The molecule has 1 unspecified atom stereocenters. The fourth-order valence-electron chi connectivity index (χ4n) is 2.41. The van der Waals surface area contributed by atoms with E-state index in [2.05, 4.69) is 34.8 Å². The molecule has 3 nitrogen and oxygen atoms in total. The Hall–Kier alpha value is -1.13. The van der Waals surface area contributed by atoms with E-state index in [4.69, 9.17) is 4.74 Å². The van der Waals surface area contributed by atoms with Gasteiger partial charge in [-0.25, -0.2) is 4.98 Å². The molecule has 1 fully saturated rings. The van der Waals surface area contributed by atoms with Gasteiger partial charge in [0.05, 0.1) is 17.5 Å². The maximum absolute atomic E-state index is 5.80. The van der Waals surface area contributed by atoms with Gasteiger partial charge in [0.25, 0.3) is 0 Å². The molecule has 0 radical (unpaired) electrons. The van der Waals surface area contributed by atoms with Crippen LogP contribution in [-0.2, 0) is 11.3 Å². The third-order valence-electron chi connectivity index (χ3n) is 3.35. The van der Waals surface area contributed by atoms with E-state index in [9.17, 15) is 0 Å². The van der Waals surface area contributed by atoms with E-state index in [1.807, 2.05) is 6.20 Å². The highest BCUT2D eigenvalue weighted by molar-refractivity contribution is 7.15. The van der Waals surface area contributed by atoms with Crippen molar-refractivity contribution < 1.29 is 4.74 Å². The van der Waals surface area contributed by atoms with E-state index in [-0.39, 0.29) is 0 Å². The van der Waals surface area contributed by atoms with E-state index in [0.717, 1.165) is 19.0 Å². The zero-order valence-corrected chi connectivity index (χ0v) is 11.4. The van der Waals surface area contributed by atoms with Crippen LogP contribution in [0.1, 0.15) is 24.1 Å². The highest BCUT2D eigenvalue weighted by Gasteiger charge is 2.16. The molecule has 18 heavy (non-hydrogen) atoms. The summed E-state index contributed by atoms with van der Waals surface area (Å²) in [5.41, 5.74) is 0. The molecule has 1 aliphatic rings. The third-order valence-corrected chi connectivity index (χ3v) is 4.35. The van der Waals surface area contributed by atoms with Gasteiger partial charge in [0.2, 0.25) is 0 Å². The molecule has 0 amide bonds. The van der Waals surface area contributed by atoms with Gasteiger partial charge in [0, 0.05) is 23.9 Å². The minimum Gasteiger partial charge on any atom is -0.376 e. The molecule has 0 saturated carbocycles. The summed E-state index contributed by atoms with van der Waals surface area (Å²) in [7, 11) is 0. The van der Waals surface area contributed by atoms with Crippen molar-refractivity contribution in [1.82, 2.24) is 9.55 Å². The summed E-state index contributed by atoms with van der Waals surface area (Å²) >= 11 is 1.80. The zero-order valence-electron chi connectivity index (χ0n) is 10.6. The first-order valence-electron chi connectivity index (χ1n) is 6.52. The zero-order chi connectivity index (χ0) is 12.4. The lowest BCUT2D eigenvalue weighted by atomic mass is 10.1. The van der Waals surface area contributed by atoms with Crippen LogP contribution in [0.4, 0.5) is 0 Å². The quantitative estimate of drug-likeness (QED) is 0.846. The maximum Gasteiger partial charge on any atom is 0.150 e. The number of aromatic nitrogens is 2. The van der Waals surface area contributed by atoms with E-state index in [1.54, 1.807) is 11.3 Å². The summed E-state index contributed by atoms with van der Waals surface area (Å²) in [5.74, 6) is 1.07. The second-order valence-electron chi connectivity index (χ2n) is 4.80. The minimum absolute atomic E-state index is 0.354. The Morgan fingerprint density at radius 2 is 2.39 bits per heavy atom. The molecule has 0 aromatic carbocycles. The molecule has 3 heterocycles. The number of imidazole rings is 1. The second-order valence-corrected chi connectivity index (χ2v) is 6.09. The Labute approximate surface area is 111 Å². The fraction of sp³-hybridized carbons (Fsp3) is 0.500. The summed E-state index contributed by atoms with van der Waals surface area (Å²) in [6, 6.07) is 4.30. The summed E-state index contributed by atoms with van der Waals surface area (Å²) in [5, 5.41) is 0. The number of hydrogen-bond donors (Lipinski definition) is 0. The van der Waals surface area contributed by atoms with Gasteiger partial charge in [-0.3, -0.25) is 0 Å². The van der Waals surface area contributed by atoms with Gasteiger partial charge in [0.15, 0.2) is 0 Å². The number of aryl methyl sites for hydroxylation is 1. The van der Waals surface area contributed by atoms with Gasteiger partial charge in [-0.1, -0.05) is 0 Å². The molecular weight excluding hydrogens is 244 g/mol. The highest BCUT2D eigenvalue weighted by Crippen LogP contribution is 2.27.